The number of amides is 1. The molecule has 0 atom stereocenters. The van der Waals surface area contributed by atoms with Crippen LogP contribution in [0.25, 0.3) is 0 Å². The Labute approximate surface area is 150 Å². The van der Waals surface area contributed by atoms with Crippen LogP contribution in [0.2, 0.25) is 5.02 Å². The van der Waals surface area contributed by atoms with Crippen LogP contribution in [-0.2, 0) is 14.8 Å². The van der Waals surface area contributed by atoms with Gasteiger partial charge in [-0.15, -0.1) is 0 Å². The fourth-order valence-electron chi connectivity index (χ4n) is 2.29. The second kappa shape index (κ2) is 9.28. The maximum absolute atomic E-state index is 12.1. The van der Waals surface area contributed by atoms with Crippen LogP contribution in [0.5, 0.6) is 0 Å². The molecule has 1 aromatic rings. The summed E-state index contributed by atoms with van der Waals surface area (Å²) in [5.74, 6) is 0.490. The van der Waals surface area contributed by atoms with E-state index in [0.717, 1.165) is 18.2 Å². The highest BCUT2D eigenvalue weighted by atomic mass is 35.5. The maximum atomic E-state index is 12.1. The van der Waals surface area contributed by atoms with Crippen LogP contribution >= 0.6 is 11.6 Å². The van der Waals surface area contributed by atoms with Crippen molar-refractivity contribution in [3.63, 3.8) is 0 Å². The normalized spacial score (nSPS) is 11.6. The van der Waals surface area contributed by atoms with Crippen molar-refractivity contribution in [2.24, 2.45) is 5.92 Å². The average Bonchev–Trinajstić information content (AvgIpc) is 2.45. The van der Waals surface area contributed by atoms with Crippen molar-refractivity contribution in [3.05, 3.63) is 28.8 Å². The summed E-state index contributed by atoms with van der Waals surface area (Å²) >= 11 is 5.99. The highest BCUT2D eigenvalue weighted by Gasteiger charge is 2.19. The molecule has 0 aliphatic carbocycles. The van der Waals surface area contributed by atoms with E-state index in [0.29, 0.717) is 36.0 Å². The number of rotatable bonds is 9. The van der Waals surface area contributed by atoms with Gasteiger partial charge in [-0.1, -0.05) is 31.5 Å². The Balaban J connectivity index is 2.66. The minimum atomic E-state index is -3.44. The number of carbonyl (C=O) groups excluding carboxylic acids is 1. The van der Waals surface area contributed by atoms with Crippen LogP contribution in [0, 0.1) is 12.8 Å². The summed E-state index contributed by atoms with van der Waals surface area (Å²) in [5.41, 5.74) is 1.39. The van der Waals surface area contributed by atoms with Crippen molar-refractivity contribution in [1.29, 1.82) is 0 Å². The lowest BCUT2D eigenvalue weighted by Crippen LogP contribution is -2.33. The summed E-state index contributed by atoms with van der Waals surface area (Å²) < 4.78 is 25.5. The van der Waals surface area contributed by atoms with Gasteiger partial charge in [0.2, 0.25) is 15.9 Å². The zero-order valence-electron chi connectivity index (χ0n) is 14.8. The third-order valence-electron chi connectivity index (χ3n) is 3.65. The van der Waals surface area contributed by atoms with E-state index in [2.05, 4.69) is 19.2 Å². The quantitative estimate of drug-likeness (QED) is 0.720. The van der Waals surface area contributed by atoms with Crippen molar-refractivity contribution < 1.29 is 13.2 Å². The van der Waals surface area contributed by atoms with Gasteiger partial charge in [-0.2, -0.15) is 0 Å². The van der Waals surface area contributed by atoms with Gasteiger partial charge in [0.05, 0.1) is 11.9 Å². The molecule has 24 heavy (non-hydrogen) atoms. The number of carbonyl (C=O) groups is 1. The van der Waals surface area contributed by atoms with Crippen molar-refractivity contribution in [1.82, 2.24) is 5.32 Å². The molecule has 0 radical (unpaired) electrons. The number of hydrogen-bond acceptors (Lipinski definition) is 3. The molecule has 5 nitrogen and oxygen atoms in total. The minimum absolute atomic E-state index is 0.0492. The molecule has 1 N–H and O–H groups in total. The van der Waals surface area contributed by atoms with E-state index in [1.807, 2.05) is 6.92 Å². The molecule has 0 aromatic heterocycles. The molecular weight excluding hydrogens is 348 g/mol. The van der Waals surface area contributed by atoms with Gasteiger partial charge >= 0.3 is 0 Å². The standard InChI is InChI=1S/C17H27ClN2O3S/c1-13(2)9-10-19-17(21)6-5-11-20(24(4,22)23)16-12-15(18)8-7-14(16)3/h7-8,12-13H,5-6,9-11H2,1-4H3,(H,19,21). The average molecular weight is 375 g/mol. The van der Waals surface area contributed by atoms with E-state index in [-0.39, 0.29) is 12.5 Å². The number of aryl methyl sites for hydroxylation is 1. The first-order valence-electron chi connectivity index (χ1n) is 8.12. The summed E-state index contributed by atoms with van der Waals surface area (Å²) in [4.78, 5) is 11.8. The number of sulfonamides is 1. The largest absolute Gasteiger partial charge is 0.356 e. The van der Waals surface area contributed by atoms with Crippen LogP contribution in [-0.4, -0.2) is 33.7 Å². The molecule has 0 heterocycles. The number of hydrogen-bond donors (Lipinski definition) is 1. The van der Waals surface area contributed by atoms with Crippen LogP contribution < -0.4 is 9.62 Å². The zero-order valence-corrected chi connectivity index (χ0v) is 16.4. The van der Waals surface area contributed by atoms with Crippen molar-refractivity contribution >= 4 is 33.2 Å². The predicted octanol–water partition coefficient (Wildman–Crippen LogP) is 3.36. The molecule has 1 rings (SSSR count). The maximum Gasteiger partial charge on any atom is 0.232 e. The Kier molecular flexibility index (Phi) is 8.03. The third-order valence-corrected chi connectivity index (χ3v) is 5.06. The SMILES string of the molecule is Cc1ccc(Cl)cc1N(CCCC(=O)NCCC(C)C)S(C)(=O)=O. The first kappa shape index (κ1) is 20.8. The van der Waals surface area contributed by atoms with Gasteiger partial charge in [-0.05, 0) is 43.4 Å². The monoisotopic (exact) mass is 374 g/mol. The number of anilines is 1. The molecule has 0 fully saturated rings. The molecule has 0 unspecified atom stereocenters. The fourth-order valence-corrected chi connectivity index (χ4v) is 3.47. The molecule has 0 aliphatic heterocycles. The van der Waals surface area contributed by atoms with E-state index < -0.39 is 10.0 Å². The summed E-state index contributed by atoms with van der Waals surface area (Å²) in [6.07, 6.45) is 2.84. The highest BCUT2D eigenvalue weighted by molar-refractivity contribution is 7.92. The number of benzene rings is 1. The second-order valence-electron chi connectivity index (χ2n) is 6.40. The van der Waals surface area contributed by atoms with Crippen molar-refractivity contribution in [3.8, 4) is 0 Å². The van der Waals surface area contributed by atoms with Crippen molar-refractivity contribution in [2.45, 2.75) is 40.0 Å². The second-order valence-corrected chi connectivity index (χ2v) is 8.75. The summed E-state index contributed by atoms with van der Waals surface area (Å²) in [7, 11) is -3.44. The van der Waals surface area contributed by atoms with Crippen LogP contribution in [0.3, 0.4) is 0 Å². The third kappa shape index (κ3) is 7.09. The Morgan fingerprint density at radius 1 is 1.33 bits per heavy atom. The lowest BCUT2D eigenvalue weighted by atomic mass is 10.1. The Morgan fingerprint density at radius 3 is 2.58 bits per heavy atom. The van der Waals surface area contributed by atoms with Gasteiger partial charge in [0.25, 0.3) is 0 Å². The summed E-state index contributed by atoms with van der Waals surface area (Å²) in [6.45, 7) is 6.94. The molecule has 1 amide bonds. The lowest BCUT2D eigenvalue weighted by Gasteiger charge is -2.24. The Hall–Kier alpha value is -1.27. The highest BCUT2D eigenvalue weighted by Crippen LogP contribution is 2.26. The van der Waals surface area contributed by atoms with Gasteiger partial charge < -0.3 is 5.32 Å². The Morgan fingerprint density at radius 2 is 2.00 bits per heavy atom. The van der Waals surface area contributed by atoms with E-state index in [9.17, 15) is 13.2 Å². The molecular formula is C17H27ClN2O3S. The first-order valence-corrected chi connectivity index (χ1v) is 10.3. The van der Waals surface area contributed by atoms with Crippen molar-refractivity contribution in [2.75, 3.05) is 23.7 Å². The molecule has 136 valence electrons. The topological polar surface area (TPSA) is 66.5 Å². The molecule has 0 saturated heterocycles. The van der Waals surface area contributed by atoms with E-state index >= 15 is 0 Å². The van der Waals surface area contributed by atoms with Gasteiger partial charge in [0, 0.05) is 24.5 Å². The zero-order chi connectivity index (χ0) is 18.3. The van der Waals surface area contributed by atoms with E-state index in [1.54, 1.807) is 18.2 Å². The van der Waals surface area contributed by atoms with Gasteiger partial charge in [-0.25, -0.2) is 8.42 Å². The fraction of sp³-hybridized carbons (Fsp3) is 0.588. The number of nitrogens with one attached hydrogen (secondary N) is 1. The van der Waals surface area contributed by atoms with Gasteiger partial charge in [0.15, 0.2) is 0 Å². The van der Waals surface area contributed by atoms with Crippen LogP contribution in [0.15, 0.2) is 18.2 Å². The molecule has 0 saturated carbocycles. The lowest BCUT2D eigenvalue weighted by molar-refractivity contribution is -0.121. The summed E-state index contributed by atoms with van der Waals surface area (Å²) in [6, 6.07) is 5.15. The van der Waals surface area contributed by atoms with Gasteiger partial charge in [-0.3, -0.25) is 9.10 Å². The molecule has 0 bridgehead atoms. The first-order chi connectivity index (χ1) is 11.1. The molecule has 0 spiro atoms. The number of nitrogens with zero attached hydrogens (tertiary/aromatic N) is 1. The Bertz CT molecular complexity index is 660. The number of halogens is 1. The van der Waals surface area contributed by atoms with Crippen LogP contribution in [0.4, 0.5) is 5.69 Å². The predicted molar refractivity (Wildman–Crippen MR) is 100 cm³/mol. The smallest absolute Gasteiger partial charge is 0.232 e. The van der Waals surface area contributed by atoms with E-state index in [1.165, 1.54) is 4.31 Å². The minimum Gasteiger partial charge on any atom is -0.356 e. The summed E-state index contributed by atoms with van der Waals surface area (Å²) in [5, 5.41) is 3.34. The molecule has 7 heteroatoms. The van der Waals surface area contributed by atoms with Crippen LogP contribution in [0.1, 0.15) is 38.7 Å². The molecule has 1 aromatic carbocycles. The van der Waals surface area contributed by atoms with E-state index in [4.69, 9.17) is 11.6 Å². The van der Waals surface area contributed by atoms with Gasteiger partial charge in [0.1, 0.15) is 0 Å². The molecule has 0 aliphatic rings.